The molecule has 1 amide bonds. The van der Waals surface area contributed by atoms with E-state index in [-0.39, 0.29) is 5.69 Å². The molecular weight excluding hydrogens is 392 g/mol. The van der Waals surface area contributed by atoms with E-state index >= 15 is 0 Å². The average Bonchev–Trinajstić information content (AvgIpc) is 2.53. The minimum atomic E-state index is -1.04. The van der Waals surface area contributed by atoms with Crippen LogP contribution in [0.25, 0.3) is 0 Å². The first kappa shape index (κ1) is 19.1. The zero-order valence-electron chi connectivity index (χ0n) is 14.3. The molecule has 1 aromatic rings. The van der Waals surface area contributed by atoms with Gasteiger partial charge in [-0.2, -0.15) is 5.26 Å². The molecule has 0 radical (unpaired) electrons. The van der Waals surface area contributed by atoms with Crippen molar-refractivity contribution in [1.29, 1.82) is 5.26 Å². The highest BCUT2D eigenvalue weighted by Crippen LogP contribution is 2.40. The Kier molecular flexibility index (Phi) is 5.32. The molecule has 0 saturated carbocycles. The maximum atomic E-state index is 12.2. The van der Waals surface area contributed by atoms with Crippen molar-refractivity contribution in [2.45, 2.75) is 44.6 Å². The number of amides is 1. The lowest BCUT2D eigenvalue weighted by Gasteiger charge is -2.37. The maximum Gasteiger partial charge on any atom is 0.410 e. The number of nitrogens with zero attached hydrogens (tertiary/aromatic N) is 4. The number of halogens is 1. The first-order chi connectivity index (χ1) is 11.6. The highest BCUT2D eigenvalue weighted by atomic mass is 79.9. The molecule has 0 aliphatic carbocycles. The van der Waals surface area contributed by atoms with Crippen LogP contribution >= 0.6 is 15.9 Å². The molecule has 1 aliphatic heterocycles. The smallest absolute Gasteiger partial charge is 0.410 e. The number of carbonyl (C=O) groups excluding carboxylic acids is 1. The second-order valence-corrected chi connectivity index (χ2v) is 7.76. The van der Waals surface area contributed by atoms with Gasteiger partial charge in [0.25, 0.3) is 5.69 Å². The highest BCUT2D eigenvalue weighted by Gasteiger charge is 2.43. The first-order valence-corrected chi connectivity index (χ1v) is 8.57. The number of hydrogen-bond acceptors (Lipinski definition) is 6. The van der Waals surface area contributed by atoms with Gasteiger partial charge in [-0.3, -0.25) is 10.1 Å². The molecule has 1 aromatic heterocycles. The van der Waals surface area contributed by atoms with Crippen molar-refractivity contribution in [3.05, 3.63) is 32.5 Å². The molecule has 8 nitrogen and oxygen atoms in total. The van der Waals surface area contributed by atoms with E-state index in [1.807, 2.05) is 0 Å². The summed E-state index contributed by atoms with van der Waals surface area (Å²) < 4.78 is 5.77. The van der Waals surface area contributed by atoms with Crippen LogP contribution in [0.15, 0.2) is 16.9 Å². The van der Waals surface area contributed by atoms with Gasteiger partial charge in [-0.25, -0.2) is 9.78 Å². The lowest BCUT2D eigenvalue weighted by Crippen LogP contribution is -2.46. The molecule has 1 fully saturated rings. The van der Waals surface area contributed by atoms with Gasteiger partial charge in [0, 0.05) is 13.1 Å². The van der Waals surface area contributed by atoms with E-state index in [1.165, 1.54) is 11.0 Å². The monoisotopic (exact) mass is 410 g/mol. The molecule has 1 aliphatic rings. The average molecular weight is 411 g/mol. The molecule has 0 unspecified atom stereocenters. The van der Waals surface area contributed by atoms with Crippen molar-refractivity contribution < 1.29 is 14.5 Å². The summed E-state index contributed by atoms with van der Waals surface area (Å²) in [7, 11) is 0. The van der Waals surface area contributed by atoms with Crippen LogP contribution in [0.2, 0.25) is 0 Å². The predicted molar refractivity (Wildman–Crippen MR) is 92.9 cm³/mol. The Morgan fingerprint density at radius 3 is 2.56 bits per heavy atom. The fourth-order valence-electron chi connectivity index (χ4n) is 2.79. The Labute approximate surface area is 154 Å². The van der Waals surface area contributed by atoms with Gasteiger partial charge < -0.3 is 9.64 Å². The summed E-state index contributed by atoms with van der Waals surface area (Å²) in [6.45, 7) is 5.93. The zero-order chi connectivity index (χ0) is 18.8. The fourth-order valence-corrected chi connectivity index (χ4v) is 3.12. The van der Waals surface area contributed by atoms with Crippen LogP contribution in [-0.4, -0.2) is 39.6 Å². The Morgan fingerprint density at radius 2 is 2.08 bits per heavy atom. The predicted octanol–water partition coefficient (Wildman–Crippen LogP) is 3.54. The Morgan fingerprint density at radius 1 is 1.48 bits per heavy atom. The van der Waals surface area contributed by atoms with Crippen LogP contribution < -0.4 is 0 Å². The van der Waals surface area contributed by atoms with E-state index in [1.54, 1.807) is 20.8 Å². The number of likely N-dealkylation sites (tertiary alicyclic amines) is 1. The molecule has 2 rings (SSSR count). The number of carbonyl (C=O) groups is 1. The quantitative estimate of drug-likeness (QED) is 0.418. The molecule has 134 valence electrons. The molecule has 0 atom stereocenters. The molecule has 9 heteroatoms. The van der Waals surface area contributed by atoms with Crippen molar-refractivity contribution in [3.8, 4) is 6.07 Å². The van der Waals surface area contributed by atoms with Crippen LogP contribution in [0.5, 0.6) is 0 Å². The first-order valence-electron chi connectivity index (χ1n) is 7.77. The molecule has 0 N–H and O–H groups in total. The number of nitriles is 1. The number of ether oxygens (including phenoxy) is 1. The van der Waals surface area contributed by atoms with Crippen LogP contribution in [0.3, 0.4) is 0 Å². The van der Waals surface area contributed by atoms with E-state index in [4.69, 9.17) is 4.74 Å². The van der Waals surface area contributed by atoms with E-state index in [2.05, 4.69) is 27.0 Å². The number of nitro groups is 1. The molecule has 25 heavy (non-hydrogen) atoms. The lowest BCUT2D eigenvalue weighted by atomic mass is 9.73. The Bertz CT molecular complexity index is 731. The van der Waals surface area contributed by atoms with E-state index < -0.39 is 22.0 Å². The summed E-state index contributed by atoms with van der Waals surface area (Å²) in [5, 5.41) is 21.1. The third kappa shape index (κ3) is 4.25. The van der Waals surface area contributed by atoms with Gasteiger partial charge in [0.15, 0.2) is 0 Å². The summed E-state index contributed by atoms with van der Waals surface area (Å²) in [6, 6.07) is 3.75. The normalized spacial score (nSPS) is 16.8. The standard InChI is InChI=1S/C16H19BrN4O4/c1-15(2,3)25-14(22)20-6-4-16(10-18,5-7-20)11-8-13(17)19-9-12(11)21(23)24/h8-9H,4-7H2,1-3H3. The summed E-state index contributed by atoms with van der Waals surface area (Å²) >= 11 is 3.21. The second-order valence-electron chi connectivity index (χ2n) is 6.94. The van der Waals surface area contributed by atoms with Crippen LogP contribution in [0.1, 0.15) is 39.2 Å². The Hall–Kier alpha value is -2.21. The second kappa shape index (κ2) is 6.96. The van der Waals surface area contributed by atoms with Crippen molar-refractivity contribution >= 4 is 27.7 Å². The maximum absolute atomic E-state index is 12.2. The van der Waals surface area contributed by atoms with E-state index in [0.29, 0.717) is 36.1 Å². The molecular formula is C16H19BrN4O4. The van der Waals surface area contributed by atoms with Gasteiger partial charge in [-0.1, -0.05) is 0 Å². The van der Waals surface area contributed by atoms with Gasteiger partial charge in [-0.15, -0.1) is 0 Å². The number of pyridine rings is 1. The van der Waals surface area contributed by atoms with E-state index in [9.17, 15) is 20.2 Å². The van der Waals surface area contributed by atoms with Gasteiger partial charge in [0.05, 0.1) is 22.0 Å². The lowest BCUT2D eigenvalue weighted by molar-refractivity contribution is -0.386. The summed E-state index contributed by atoms with van der Waals surface area (Å²) in [6.07, 6.45) is 1.29. The number of aromatic nitrogens is 1. The molecule has 0 bridgehead atoms. The van der Waals surface area contributed by atoms with Crippen LogP contribution in [-0.2, 0) is 10.2 Å². The number of hydrogen-bond donors (Lipinski definition) is 0. The zero-order valence-corrected chi connectivity index (χ0v) is 15.9. The SMILES string of the molecule is CC(C)(C)OC(=O)N1CCC(C#N)(c2cc(Br)ncc2[N+](=O)[O-])CC1. The van der Waals surface area contributed by atoms with Crippen LogP contribution in [0, 0.1) is 21.4 Å². The highest BCUT2D eigenvalue weighted by molar-refractivity contribution is 9.10. The molecule has 0 aromatic carbocycles. The van der Waals surface area contributed by atoms with Crippen LogP contribution in [0.4, 0.5) is 10.5 Å². The van der Waals surface area contributed by atoms with Gasteiger partial charge in [0.2, 0.25) is 0 Å². The third-order valence-corrected chi connectivity index (χ3v) is 4.48. The van der Waals surface area contributed by atoms with Gasteiger partial charge in [0.1, 0.15) is 16.4 Å². The summed E-state index contributed by atoms with van der Waals surface area (Å²) in [5.74, 6) is 0. The summed E-state index contributed by atoms with van der Waals surface area (Å²) in [5.41, 5.74) is -1.50. The molecule has 2 heterocycles. The topological polar surface area (TPSA) is 109 Å². The third-order valence-electron chi connectivity index (χ3n) is 4.04. The fraction of sp³-hybridized carbons (Fsp3) is 0.562. The molecule has 0 spiro atoms. The van der Waals surface area contributed by atoms with Crippen molar-refractivity contribution in [1.82, 2.24) is 9.88 Å². The van der Waals surface area contributed by atoms with Gasteiger partial charge in [-0.05, 0) is 55.6 Å². The van der Waals surface area contributed by atoms with Gasteiger partial charge >= 0.3 is 6.09 Å². The number of rotatable bonds is 2. The van der Waals surface area contributed by atoms with E-state index in [0.717, 1.165) is 6.20 Å². The van der Waals surface area contributed by atoms with Crippen molar-refractivity contribution in [2.24, 2.45) is 0 Å². The Balaban J connectivity index is 2.26. The van der Waals surface area contributed by atoms with Crippen molar-refractivity contribution in [3.63, 3.8) is 0 Å². The molecule has 1 saturated heterocycles. The minimum absolute atomic E-state index is 0.185. The number of piperidine rings is 1. The summed E-state index contributed by atoms with van der Waals surface area (Å²) in [4.78, 5) is 28.4. The minimum Gasteiger partial charge on any atom is -0.444 e. The largest absolute Gasteiger partial charge is 0.444 e. The van der Waals surface area contributed by atoms with Crippen molar-refractivity contribution in [2.75, 3.05) is 13.1 Å².